The molecule has 2 N–H and O–H groups in total. The molecule has 0 amide bonds. The van der Waals surface area contributed by atoms with Crippen LogP contribution in [0.4, 0.5) is 5.69 Å². The average molecular weight is 320 g/mol. The second-order valence-electron chi connectivity index (χ2n) is 4.54. The van der Waals surface area contributed by atoms with Crippen LogP contribution in [0.3, 0.4) is 0 Å². The molecule has 0 aliphatic carbocycles. The highest BCUT2D eigenvalue weighted by Crippen LogP contribution is 2.28. The molecular weight excluding hydrogens is 305 g/mol. The van der Waals surface area contributed by atoms with E-state index in [1.807, 2.05) is 18.2 Å². The van der Waals surface area contributed by atoms with Crippen LogP contribution in [0.15, 0.2) is 48.5 Å². The first-order valence-corrected chi connectivity index (χ1v) is 7.51. The third-order valence-electron chi connectivity index (χ3n) is 3.12. The first-order chi connectivity index (χ1) is 10.5. The molecule has 0 bridgehead atoms. The Morgan fingerprint density at radius 1 is 1.14 bits per heavy atom. The Morgan fingerprint density at radius 2 is 1.82 bits per heavy atom. The molecule has 22 heavy (non-hydrogen) atoms. The van der Waals surface area contributed by atoms with Gasteiger partial charge in [-0.15, -0.1) is 0 Å². The molecule has 1 radical (unpaired) electrons. The molecule has 2 rings (SSSR count). The van der Waals surface area contributed by atoms with Crippen molar-refractivity contribution in [2.75, 3.05) is 11.4 Å². The van der Waals surface area contributed by atoms with Gasteiger partial charge < -0.3 is 14.8 Å². The molecule has 8 heteroatoms. The molecule has 0 aliphatic rings. The molecule has 0 fully saturated rings. The fraction of sp³-hybridized carbons (Fsp3) is 0.143. The maximum Gasteiger partial charge on any atom is 0.488 e. The van der Waals surface area contributed by atoms with Gasteiger partial charge in [0, 0.05) is 0 Å². The minimum absolute atomic E-state index is 0.109. The normalized spacial score (nSPS) is 10.1. The lowest BCUT2D eigenvalue weighted by molar-refractivity contribution is 0.414. The lowest BCUT2D eigenvalue weighted by Gasteiger charge is -2.19. The van der Waals surface area contributed by atoms with Crippen molar-refractivity contribution >= 4 is 29.2 Å². The molecule has 0 unspecified atom stereocenters. The van der Waals surface area contributed by atoms with Crippen LogP contribution in [0, 0.1) is 0 Å². The smallest absolute Gasteiger partial charge is 0.488 e. The quantitative estimate of drug-likeness (QED) is 0.741. The number of rotatable bonds is 6. The summed E-state index contributed by atoms with van der Waals surface area (Å²) >= 11 is 0. The summed E-state index contributed by atoms with van der Waals surface area (Å²) in [6, 6.07) is 13.4. The van der Waals surface area contributed by atoms with Gasteiger partial charge in [-0.05, 0) is 23.2 Å². The minimum Gasteiger partial charge on any atom is -0.495 e. The van der Waals surface area contributed by atoms with Gasteiger partial charge in [-0.2, -0.15) is 8.42 Å². The largest absolute Gasteiger partial charge is 0.495 e. The van der Waals surface area contributed by atoms with E-state index in [2.05, 4.69) is 0 Å². The summed E-state index contributed by atoms with van der Waals surface area (Å²) in [6.07, 6.45) is 0. The van der Waals surface area contributed by atoms with E-state index in [9.17, 15) is 18.5 Å². The monoisotopic (exact) mass is 320 g/mol. The summed E-state index contributed by atoms with van der Waals surface area (Å²) in [6.45, 7) is 0.109. The zero-order chi connectivity index (χ0) is 16.1. The molecule has 115 valence electrons. The van der Waals surface area contributed by atoms with Crippen molar-refractivity contribution in [3.8, 4) is 5.75 Å². The van der Waals surface area contributed by atoms with Gasteiger partial charge >= 0.3 is 7.12 Å². The Bertz CT molecular complexity index is 698. The topological polar surface area (TPSA) is 87.1 Å². The van der Waals surface area contributed by atoms with Crippen LogP contribution in [-0.4, -0.2) is 32.7 Å². The Hall–Kier alpha value is -2.16. The Kier molecular flexibility index (Phi) is 5.32. The fourth-order valence-corrected chi connectivity index (χ4v) is 2.59. The van der Waals surface area contributed by atoms with Crippen molar-refractivity contribution in [1.29, 1.82) is 0 Å². The van der Waals surface area contributed by atoms with Crippen molar-refractivity contribution < 1.29 is 23.2 Å². The fourth-order valence-electron chi connectivity index (χ4n) is 2.03. The average Bonchev–Trinajstić information content (AvgIpc) is 2.52. The highest BCUT2D eigenvalue weighted by molar-refractivity contribution is 7.74. The molecule has 0 saturated heterocycles. The van der Waals surface area contributed by atoms with Gasteiger partial charge in [-0.25, -0.2) is 4.31 Å². The van der Waals surface area contributed by atoms with Crippen LogP contribution in [0.25, 0.3) is 0 Å². The van der Waals surface area contributed by atoms with Gasteiger partial charge in [0.05, 0.1) is 19.3 Å². The van der Waals surface area contributed by atoms with Crippen LogP contribution in [0.2, 0.25) is 0 Å². The lowest BCUT2D eigenvalue weighted by Crippen LogP contribution is -2.31. The van der Waals surface area contributed by atoms with Crippen molar-refractivity contribution in [3.05, 3.63) is 54.1 Å². The van der Waals surface area contributed by atoms with E-state index in [0.717, 1.165) is 9.87 Å². The number of benzene rings is 2. The molecule has 0 aliphatic heterocycles. The third kappa shape index (κ3) is 3.73. The molecule has 2 aromatic carbocycles. The summed E-state index contributed by atoms with van der Waals surface area (Å²) < 4.78 is 29.5. The predicted octanol–water partition coefficient (Wildman–Crippen LogP) is 0.176. The standard InChI is InChI=1S/C14H15BNO5S/c1-21-14-8-7-12(15(17)18)9-13(14)16(22(19)20)10-11-5-3-2-4-6-11/h2-9,17-18H,10H2,1H3. The van der Waals surface area contributed by atoms with E-state index < -0.39 is 18.0 Å². The van der Waals surface area contributed by atoms with Gasteiger partial charge in [-0.3, -0.25) is 0 Å². The predicted molar refractivity (Wildman–Crippen MR) is 84.4 cm³/mol. The summed E-state index contributed by atoms with van der Waals surface area (Å²) in [4.78, 5) is 0. The molecule has 0 heterocycles. The molecule has 0 saturated carbocycles. The Morgan fingerprint density at radius 3 is 2.36 bits per heavy atom. The number of anilines is 1. The van der Waals surface area contributed by atoms with Crippen LogP contribution in [0.5, 0.6) is 5.75 Å². The first kappa shape index (κ1) is 16.2. The number of nitrogens with zero attached hydrogens (tertiary/aromatic N) is 1. The van der Waals surface area contributed by atoms with Crippen molar-refractivity contribution in [1.82, 2.24) is 0 Å². The van der Waals surface area contributed by atoms with Crippen molar-refractivity contribution in [2.45, 2.75) is 6.54 Å². The van der Waals surface area contributed by atoms with E-state index in [-0.39, 0.29) is 17.7 Å². The highest BCUT2D eigenvalue weighted by atomic mass is 32.2. The Balaban J connectivity index is 2.45. The zero-order valence-electron chi connectivity index (χ0n) is 11.9. The van der Waals surface area contributed by atoms with E-state index in [1.165, 1.54) is 25.3 Å². The maximum absolute atomic E-state index is 11.6. The molecule has 2 aromatic rings. The molecule has 6 nitrogen and oxygen atoms in total. The number of hydrogen-bond acceptors (Lipinski definition) is 5. The van der Waals surface area contributed by atoms with Crippen LogP contribution >= 0.6 is 0 Å². The van der Waals surface area contributed by atoms with E-state index >= 15 is 0 Å². The lowest BCUT2D eigenvalue weighted by atomic mass is 9.80. The van der Waals surface area contributed by atoms with E-state index in [4.69, 9.17) is 4.74 Å². The number of ether oxygens (including phenoxy) is 1. The van der Waals surface area contributed by atoms with E-state index in [1.54, 1.807) is 12.1 Å². The zero-order valence-corrected chi connectivity index (χ0v) is 12.7. The summed E-state index contributed by atoms with van der Waals surface area (Å²) in [5.41, 5.74) is 1.22. The SMILES string of the molecule is COc1ccc(B(O)O)cc1N(Cc1ccccc1)[S](=O)=O. The molecule has 0 aromatic heterocycles. The van der Waals surface area contributed by atoms with Gasteiger partial charge in [0.25, 0.3) is 10.9 Å². The second kappa shape index (κ2) is 7.21. The second-order valence-corrected chi connectivity index (χ2v) is 5.42. The van der Waals surface area contributed by atoms with Gasteiger partial charge in [0.15, 0.2) is 0 Å². The highest BCUT2D eigenvalue weighted by Gasteiger charge is 2.20. The number of methoxy groups -OCH3 is 1. The van der Waals surface area contributed by atoms with Gasteiger partial charge in [0.2, 0.25) is 0 Å². The van der Waals surface area contributed by atoms with E-state index in [0.29, 0.717) is 5.75 Å². The first-order valence-electron chi connectivity index (χ1n) is 6.48. The summed E-state index contributed by atoms with van der Waals surface area (Å²) in [5.74, 6) is 0.324. The summed E-state index contributed by atoms with van der Waals surface area (Å²) in [5, 5.41) is 18.5. The molecular formula is C14H15BNO5S. The summed E-state index contributed by atoms with van der Waals surface area (Å²) in [7, 11) is -2.82. The van der Waals surface area contributed by atoms with Gasteiger partial charge in [0.1, 0.15) is 5.75 Å². The van der Waals surface area contributed by atoms with Crippen LogP contribution in [0.1, 0.15) is 5.56 Å². The maximum atomic E-state index is 11.6. The van der Waals surface area contributed by atoms with Crippen molar-refractivity contribution in [3.63, 3.8) is 0 Å². The number of hydrogen-bond donors (Lipinski definition) is 2. The van der Waals surface area contributed by atoms with Gasteiger partial charge in [-0.1, -0.05) is 36.4 Å². The van der Waals surface area contributed by atoms with Crippen LogP contribution in [-0.2, 0) is 17.4 Å². The third-order valence-corrected chi connectivity index (χ3v) is 3.80. The minimum atomic E-state index is -2.55. The molecule has 0 spiro atoms. The molecule has 0 atom stereocenters. The Labute approximate surface area is 130 Å². The van der Waals surface area contributed by atoms with Crippen LogP contribution < -0.4 is 14.5 Å². The van der Waals surface area contributed by atoms with Crippen molar-refractivity contribution in [2.24, 2.45) is 0 Å².